The summed E-state index contributed by atoms with van der Waals surface area (Å²) in [6, 6.07) is 6.27. The number of rotatable bonds is 4. The van der Waals surface area contributed by atoms with Crippen LogP contribution in [0.1, 0.15) is 38.2 Å². The van der Waals surface area contributed by atoms with Gasteiger partial charge in [-0.15, -0.1) is 24.8 Å². The molecule has 1 atom stereocenters. The lowest BCUT2D eigenvalue weighted by Crippen LogP contribution is -2.45. The molecule has 142 valence electrons. The summed E-state index contributed by atoms with van der Waals surface area (Å²) in [6.45, 7) is 6.99. The Balaban J connectivity index is 0.00000156. The maximum Gasteiger partial charge on any atom is 0.419 e. The Morgan fingerprint density at radius 2 is 2.04 bits per heavy atom. The van der Waals surface area contributed by atoms with Crippen molar-refractivity contribution in [3.8, 4) is 0 Å². The Morgan fingerprint density at radius 3 is 2.68 bits per heavy atom. The zero-order valence-corrected chi connectivity index (χ0v) is 17.0. The van der Waals surface area contributed by atoms with Gasteiger partial charge in [0, 0.05) is 18.6 Å². The summed E-state index contributed by atoms with van der Waals surface area (Å²) < 4.78 is 7.22. The Hall–Kier alpha value is -1.01. The van der Waals surface area contributed by atoms with Crippen LogP contribution in [0.4, 0.5) is 0 Å². The molecule has 5 nitrogen and oxygen atoms in total. The lowest BCUT2D eigenvalue weighted by Gasteiger charge is -2.36. The van der Waals surface area contributed by atoms with Crippen molar-refractivity contribution < 1.29 is 4.42 Å². The predicted molar refractivity (Wildman–Crippen MR) is 108 cm³/mol. The molecule has 2 heterocycles. The molecule has 0 amide bonds. The fraction of sp³-hybridized carbons (Fsp3) is 0.611. The van der Waals surface area contributed by atoms with E-state index in [4.69, 9.17) is 4.42 Å². The fourth-order valence-corrected chi connectivity index (χ4v) is 3.51. The molecule has 1 saturated heterocycles. The number of piperidine rings is 1. The van der Waals surface area contributed by atoms with Gasteiger partial charge in [-0.25, -0.2) is 4.79 Å². The third kappa shape index (κ3) is 5.00. The molecule has 1 aliphatic rings. The highest BCUT2D eigenvalue weighted by molar-refractivity contribution is 5.85. The third-order valence-electron chi connectivity index (χ3n) is 4.79. The number of halogens is 2. The van der Waals surface area contributed by atoms with Crippen molar-refractivity contribution in [2.75, 3.05) is 27.2 Å². The zero-order chi connectivity index (χ0) is 16.6. The molecule has 1 unspecified atom stereocenters. The van der Waals surface area contributed by atoms with Crippen molar-refractivity contribution in [1.29, 1.82) is 0 Å². The Kier molecular flexibility index (Phi) is 7.56. The third-order valence-corrected chi connectivity index (χ3v) is 4.79. The van der Waals surface area contributed by atoms with E-state index in [9.17, 15) is 4.79 Å². The van der Waals surface area contributed by atoms with Gasteiger partial charge < -0.3 is 14.6 Å². The lowest BCUT2D eigenvalue weighted by molar-refractivity contribution is 0.275. The van der Waals surface area contributed by atoms with Gasteiger partial charge in [0.2, 0.25) is 0 Å². The molecule has 0 saturated carbocycles. The maximum absolute atomic E-state index is 12.1. The van der Waals surface area contributed by atoms with Crippen molar-refractivity contribution in [1.82, 2.24) is 14.8 Å². The molecule has 0 bridgehead atoms. The van der Waals surface area contributed by atoms with E-state index in [0.717, 1.165) is 31.4 Å². The van der Waals surface area contributed by atoms with Crippen molar-refractivity contribution in [3.63, 3.8) is 0 Å². The largest absolute Gasteiger partial charge is 0.419 e. The first-order valence-corrected chi connectivity index (χ1v) is 8.39. The molecule has 1 aliphatic heterocycles. The van der Waals surface area contributed by atoms with Gasteiger partial charge in [-0.1, -0.05) is 6.07 Å². The standard InChI is InChI=1S/C18H27N3O2.2ClH/c1-18(2)12-14(7-8-19-18)13-5-6-15-16(11-13)23-17(22)21(15)10-9-20(3)4;;/h5-6,11,14,19H,7-10,12H2,1-4H3;2*1H. The average Bonchev–Trinajstić information content (AvgIpc) is 2.78. The molecule has 7 heteroatoms. The minimum Gasteiger partial charge on any atom is -0.408 e. The van der Waals surface area contributed by atoms with Crippen molar-refractivity contribution in [2.24, 2.45) is 0 Å². The molecule has 25 heavy (non-hydrogen) atoms. The second-order valence-corrected chi connectivity index (χ2v) is 7.55. The average molecular weight is 390 g/mol. The van der Waals surface area contributed by atoms with Gasteiger partial charge in [-0.2, -0.15) is 0 Å². The topological polar surface area (TPSA) is 50.4 Å². The summed E-state index contributed by atoms with van der Waals surface area (Å²) in [5, 5.41) is 3.55. The van der Waals surface area contributed by atoms with E-state index in [1.54, 1.807) is 4.57 Å². The molecule has 3 rings (SSSR count). The SMILES string of the molecule is CN(C)CCn1c(=O)oc2cc(C3CCNC(C)(C)C3)ccc21.Cl.Cl. The normalized spacial score (nSPS) is 19.5. The molecule has 1 aromatic carbocycles. The molecule has 0 aliphatic carbocycles. The van der Waals surface area contributed by atoms with Crippen LogP contribution in [0, 0.1) is 0 Å². The van der Waals surface area contributed by atoms with Crippen LogP contribution in [-0.2, 0) is 6.54 Å². The molecule has 1 N–H and O–H groups in total. The quantitative estimate of drug-likeness (QED) is 0.871. The molecular weight excluding hydrogens is 361 g/mol. The molecular formula is C18H29Cl2N3O2. The van der Waals surface area contributed by atoms with Crippen LogP contribution < -0.4 is 11.1 Å². The Bertz CT molecular complexity index is 752. The Labute approximate surface area is 161 Å². The maximum atomic E-state index is 12.1. The minimum atomic E-state index is -0.260. The molecule has 0 spiro atoms. The summed E-state index contributed by atoms with van der Waals surface area (Å²) in [7, 11) is 4.01. The number of hydrogen-bond acceptors (Lipinski definition) is 4. The van der Waals surface area contributed by atoms with E-state index in [1.165, 1.54) is 5.56 Å². The van der Waals surface area contributed by atoms with Gasteiger partial charge in [0.05, 0.1) is 5.52 Å². The summed E-state index contributed by atoms with van der Waals surface area (Å²) in [6.07, 6.45) is 2.23. The van der Waals surface area contributed by atoms with Crippen molar-refractivity contribution >= 4 is 35.9 Å². The van der Waals surface area contributed by atoms with E-state index in [1.807, 2.05) is 20.2 Å². The highest BCUT2D eigenvalue weighted by Gasteiger charge is 2.28. The number of nitrogens with zero attached hydrogens (tertiary/aromatic N) is 2. The van der Waals surface area contributed by atoms with E-state index in [0.29, 0.717) is 18.0 Å². The van der Waals surface area contributed by atoms with Crippen LogP contribution >= 0.6 is 24.8 Å². The first kappa shape index (κ1) is 22.0. The second-order valence-electron chi connectivity index (χ2n) is 7.55. The van der Waals surface area contributed by atoms with Gasteiger partial charge in [-0.3, -0.25) is 4.57 Å². The first-order chi connectivity index (χ1) is 10.9. The monoisotopic (exact) mass is 389 g/mol. The number of hydrogen-bond donors (Lipinski definition) is 1. The van der Waals surface area contributed by atoms with Gasteiger partial charge in [0.15, 0.2) is 5.58 Å². The van der Waals surface area contributed by atoms with E-state index >= 15 is 0 Å². The van der Waals surface area contributed by atoms with Crippen LogP contribution in [0.2, 0.25) is 0 Å². The van der Waals surface area contributed by atoms with Crippen LogP contribution in [0.5, 0.6) is 0 Å². The number of fused-ring (bicyclic) bond motifs is 1. The zero-order valence-electron chi connectivity index (χ0n) is 15.4. The van der Waals surface area contributed by atoms with Crippen molar-refractivity contribution in [2.45, 2.75) is 44.7 Å². The van der Waals surface area contributed by atoms with Gasteiger partial charge in [-0.05, 0) is 70.9 Å². The lowest BCUT2D eigenvalue weighted by atomic mass is 9.80. The summed E-state index contributed by atoms with van der Waals surface area (Å²) in [5.41, 5.74) is 3.05. The van der Waals surface area contributed by atoms with Crippen LogP contribution in [-0.4, -0.2) is 42.2 Å². The number of benzene rings is 1. The van der Waals surface area contributed by atoms with E-state index in [2.05, 4.69) is 36.2 Å². The van der Waals surface area contributed by atoms with Gasteiger partial charge in [0.25, 0.3) is 0 Å². The number of likely N-dealkylation sites (N-methyl/N-ethyl adjacent to an activating group) is 1. The fourth-order valence-electron chi connectivity index (χ4n) is 3.51. The highest BCUT2D eigenvalue weighted by atomic mass is 35.5. The Morgan fingerprint density at radius 1 is 1.32 bits per heavy atom. The number of oxazole rings is 1. The summed E-state index contributed by atoms with van der Waals surface area (Å²) in [4.78, 5) is 14.2. The predicted octanol–water partition coefficient (Wildman–Crippen LogP) is 3.25. The summed E-state index contributed by atoms with van der Waals surface area (Å²) in [5.74, 6) is 0.260. The molecule has 0 radical (unpaired) electrons. The highest BCUT2D eigenvalue weighted by Crippen LogP contribution is 2.33. The number of nitrogens with one attached hydrogen (secondary N) is 1. The molecule has 1 fully saturated rings. The van der Waals surface area contributed by atoms with Crippen LogP contribution in [0.25, 0.3) is 11.1 Å². The summed E-state index contributed by atoms with van der Waals surface area (Å²) >= 11 is 0. The van der Waals surface area contributed by atoms with E-state index < -0.39 is 0 Å². The van der Waals surface area contributed by atoms with Gasteiger partial charge in [0.1, 0.15) is 0 Å². The van der Waals surface area contributed by atoms with E-state index in [-0.39, 0.29) is 36.1 Å². The minimum absolute atomic E-state index is 0. The first-order valence-electron chi connectivity index (χ1n) is 8.39. The van der Waals surface area contributed by atoms with Crippen molar-refractivity contribution in [3.05, 3.63) is 34.3 Å². The smallest absolute Gasteiger partial charge is 0.408 e. The van der Waals surface area contributed by atoms with Gasteiger partial charge >= 0.3 is 5.76 Å². The second kappa shape index (κ2) is 8.58. The molecule has 1 aromatic heterocycles. The molecule has 2 aromatic rings. The van der Waals surface area contributed by atoms with Crippen LogP contribution in [0.15, 0.2) is 27.4 Å². The number of aromatic nitrogens is 1. The van der Waals surface area contributed by atoms with Crippen LogP contribution in [0.3, 0.4) is 0 Å².